The summed E-state index contributed by atoms with van der Waals surface area (Å²) in [5.74, 6) is 8.24. The SMILES string of the molecule is C#CCCOP.CC(CCCCCC=O)COc1ccc(F)cc1.CC1CCCCC(COc2ccc(F)cc2)O1.Fc1ccc(OCC2CCCCC(C#CCCOP)O2)cc1.O=CCCCCCC(COc1ccc(F)cc1)OC(=O)C(F)(F)F.O=CCCCCCC(O)COc1ccc(F)cc1.[3HH].[3HH]. The molecule has 2 heterocycles. The summed E-state index contributed by atoms with van der Waals surface area (Å²) in [5, 5.41) is 9.65. The summed E-state index contributed by atoms with van der Waals surface area (Å²) in [7, 11) is 4.35. The van der Waals surface area contributed by atoms with E-state index in [1.165, 1.54) is 85.6 Å². The van der Waals surface area contributed by atoms with Crippen molar-refractivity contribution in [3.8, 4) is 52.9 Å². The average molecular weight is 1530 g/mol. The van der Waals surface area contributed by atoms with Crippen molar-refractivity contribution < 1.29 is 109 Å². The minimum Gasteiger partial charge on any atom is -0.493 e. The van der Waals surface area contributed by atoms with Gasteiger partial charge in [-0.3, -0.25) is 0 Å². The summed E-state index contributed by atoms with van der Waals surface area (Å²) in [6.07, 6.45) is 22.6. The lowest BCUT2D eigenvalue weighted by atomic mass is 10.0. The third kappa shape index (κ3) is 51.6. The van der Waals surface area contributed by atoms with E-state index in [0.717, 1.165) is 114 Å². The van der Waals surface area contributed by atoms with Crippen LogP contribution in [-0.2, 0) is 42.4 Å². The zero-order chi connectivity index (χ0) is 77.0. The molecule has 7 rings (SSSR count). The van der Waals surface area contributed by atoms with Crippen LogP contribution < -0.4 is 23.7 Å². The Hall–Kier alpha value is -7.20. The van der Waals surface area contributed by atoms with E-state index in [1.807, 2.05) is 0 Å². The molecule has 2 aliphatic rings. The third-order valence-corrected chi connectivity index (χ3v) is 15.9. The molecule has 2 aliphatic heterocycles. The number of rotatable bonds is 38. The van der Waals surface area contributed by atoms with Crippen LogP contribution in [0.1, 0.15) is 177 Å². The number of aliphatic hydroxyl groups is 1. The van der Waals surface area contributed by atoms with Gasteiger partial charge < -0.3 is 66.4 Å². The van der Waals surface area contributed by atoms with Crippen LogP contribution >= 0.6 is 18.9 Å². The highest BCUT2D eigenvalue weighted by atomic mass is 31.0. The molecular formula is C80H110F8O15P2. The number of carbonyl (C=O) groups is 4. The Kier molecular flexibility index (Phi) is 54.4. The Morgan fingerprint density at radius 2 is 0.914 bits per heavy atom. The normalized spacial score (nSPS) is 16.0. The second-order valence-electron chi connectivity index (χ2n) is 24.7. The fraction of sp³-hybridized carbons (Fsp3) is 0.525. The molecule has 9 unspecified atom stereocenters. The maximum absolute atomic E-state index is 12.9. The number of halogens is 8. The Bertz CT molecular complexity index is 3050. The lowest BCUT2D eigenvalue weighted by Crippen LogP contribution is -2.33. The third-order valence-electron chi connectivity index (χ3n) is 15.5. The molecular weight excluding hydrogens is 1410 g/mol. The molecule has 0 saturated carbocycles. The number of aliphatic hydroxyl groups excluding tert-OH is 1. The fourth-order valence-electron chi connectivity index (χ4n) is 9.78. The van der Waals surface area contributed by atoms with Crippen LogP contribution in [-0.4, -0.2) is 119 Å². The maximum atomic E-state index is 12.9. The van der Waals surface area contributed by atoms with E-state index < -0.39 is 30.2 Å². The molecule has 586 valence electrons. The van der Waals surface area contributed by atoms with Gasteiger partial charge in [-0.25, -0.2) is 26.7 Å². The first-order valence-electron chi connectivity index (χ1n) is 35.7. The average Bonchev–Trinajstić information content (AvgIpc) is 1.30. The number of carbonyl (C=O) groups excluding carboxylic acids is 4. The minimum atomic E-state index is -5.08. The molecule has 15 nitrogen and oxygen atoms in total. The van der Waals surface area contributed by atoms with Gasteiger partial charge in [0.25, 0.3) is 0 Å². The molecule has 105 heavy (non-hydrogen) atoms. The number of benzene rings is 5. The molecule has 1 N–H and O–H groups in total. The van der Waals surface area contributed by atoms with Gasteiger partial charge in [-0.2, -0.15) is 13.2 Å². The zero-order valence-electron chi connectivity index (χ0n) is 60.4. The van der Waals surface area contributed by atoms with Crippen molar-refractivity contribution in [2.24, 2.45) is 5.92 Å². The predicted octanol–water partition coefficient (Wildman–Crippen LogP) is 19.1. The summed E-state index contributed by atoms with van der Waals surface area (Å²) in [5.41, 5.74) is 0. The number of alkyl halides is 3. The topological polar surface area (TPSA) is 181 Å². The van der Waals surface area contributed by atoms with Gasteiger partial charge in [0.1, 0.15) is 115 Å². The van der Waals surface area contributed by atoms with E-state index in [2.05, 4.69) is 59.8 Å². The molecule has 0 amide bonds. The minimum absolute atomic E-state index is 0. The number of terminal acetylenes is 1. The van der Waals surface area contributed by atoms with Crippen molar-refractivity contribution in [3.63, 3.8) is 0 Å². The van der Waals surface area contributed by atoms with Crippen molar-refractivity contribution >= 4 is 43.8 Å². The summed E-state index contributed by atoms with van der Waals surface area (Å²) < 4.78 is 154. The molecule has 0 aliphatic carbocycles. The number of ether oxygens (including phenoxy) is 8. The van der Waals surface area contributed by atoms with Crippen molar-refractivity contribution in [3.05, 3.63) is 150 Å². The van der Waals surface area contributed by atoms with Gasteiger partial charge in [0.05, 0.1) is 44.2 Å². The molecule has 2 fully saturated rings. The molecule has 5 aromatic carbocycles. The number of unbranched alkanes of at least 4 members (excludes halogenated alkanes) is 9. The van der Waals surface area contributed by atoms with Crippen LogP contribution in [0, 0.1) is 59.2 Å². The zero-order valence-corrected chi connectivity index (χ0v) is 62.7. The van der Waals surface area contributed by atoms with E-state index in [9.17, 15) is 59.4 Å². The van der Waals surface area contributed by atoms with Gasteiger partial charge in [0.2, 0.25) is 0 Å². The molecule has 0 spiro atoms. The van der Waals surface area contributed by atoms with E-state index in [4.69, 9.17) is 44.1 Å². The monoisotopic (exact) mass is 1530 g/mol. The smallest absolute Gasteiger partial charge is 0.490 e. The van der Waals surface area contributed by atoms with Crippen LogP contribution in [0.15, 0.2) is 121 Å². The number of esters is 1. The highest BCUT2D eigenvalue weighted by molar-refractivity contribution is 7.10. The first-order valence-corrected chi connectivity index (χ1v) is 36.7. The first kappa shape index (κ1) is 93.9. The van der Waals surface area contributed by atoms with Gasteiger partial charge in [-0.05, 0) is 211 Å². The Morgan fingerprint density at radius 1 is 0.533 bits per heavy atom. The summed E-state index contributed by atoms with van der Waals surface area (Å²) in [4.78, 5) is 41.4. The number of hydrogen-bond donors (Lipinski definition) is 1. The second kappa shape index (κ2) is 60.9. The lowest BCUT2D eigenvalue weighted by molar-refractivity contribution is -0.206. The van der Waals surface area contributed by atoms with Gasteiger partial charge >= 0.3 is 12.1 Å². The molecule has 0 radical (unpaired) electrons. The molecule has 2 saturated heterocycles. The summed E-state index contributed by atoms with van der Waals surface area (Å²) in [6, 6.07) is 28.9. The van der Waals surface area contributed by atoms with Crippen molar-refractivity contribution in [1.29, 1.82) is 0 Å². The largest absolute Gasteiger partial charge is 0.493 e. The molecule has 0 bridgehead atoms. The Balaban J connectivity index is 0.00000129. The maximum Gasteiger partial charge on any atom is 0.490 e. The number of aldehydes is 3. The van der Waals surface area contributed by atoms with E-state index >= 15 is 0 Å². The van der Waals surface area contributed by atoms with Gasteiger partial charge in [0.15, 0.2) is 0 Å². The first-order chi connectivity index (χ1) is 50.7. The van der Waals surface area contributed by atoms with E-state index in [1.54, 1.807) is 36.4 Å². The van der Waals surface area contributed by atoms with E-state index in [0.29, 0.717) is 126 Å². The standard InChI is InChI=1S/C17H22FO3P.C16H18F4O4.C15H21FO2.C14H19FO3.C14H19FO2.C4H7OP.2H2/c18-14-8-10-15(11-9-14)19-13-17-7-2-1-5-16(21-17)6-3-4-12-20-22;17-12-6-8-13(9-7-12)23-11-14(5-3-1-2-4-10-21)24-15(22)16(18,19)20;1-13(6-4-2-3-5-11-17)12-18-15-9-7-14(16)8-10-15;15-12-6-8-14(9-7-12)18-11-13(17)5-3-1-2-4-10-16;1-11-4-2-3-5-14(17-11)10-16-13-8-6-12(15)7-9-13;1-2-3-4-5-6;;/h8-11,16-17H,1-2,4-5,7,12-13,22H2;6-10,14H,1-5,11H2;7-11,13H,2-6,12H2,1H3;6-10,13,17H,1-5,11H2;6-9,11,14H,2-5,10H2,1H3;1H,3-4,6H2;2*1H/i;;;;;;2*1+2. The van der Waals surface area contributed by atoms with Crippen LogP contribution in [0.5, 0.6) is 28.7 Å². The lowest BCUT2D eigenvalue weighted by Gasteiger charge is -2.19. The highest BCUT2D eigenvalue weighted by Crippen LogP contribution is 2.25. The quantitative estimate of drug-likeness (QED) is 0.00984. The van der Waals surface area contributed by atoms with Crippen LogP contribution in [0.25, 0.3) is 0 Å². The summed E-state index contributed by atoms with van der Waals surface area (Å²) in [6.45, 7) is 7.11. The summed E-state index contributed by atoms with van der Waals surface area (Å²) >= 11 is 0. The molecule has 5 aromatic rings. The molecule has 9 atom stereocenters. The van der Waals surface area contributed by atoms with Crippen molar-refractivity contribution in [1.82, 2.24) is 0 Å². The fourth-order valence-corrected chi connectivity index (χ4v) is 10.0. The van der Waals surface area contributed by atoms with Crippen molar-refractivity contribution in [2.45, 2.75) is 217 Å². The van der Waals surface area contributed by atoms with Crippen LogP contribution in [0.3, 0.4) is 0 Å². The Morgan fingerprint density at radius 3 is 1.33 bits per heavy atom. The second-order valence-corrected chi connectivity index (χ2v) is 25.3. The molecule has 25 heteroatoms. The van der Waals surface area contributed by atoms with Gasteiger partial charge in [-0.15, -0.1) is 12.3 Å². The Labute approximate surface area is 623 Å². The van der Waals surface area contributed by atoms with Crippen LogP contribution in [0.2, 0.25) is 0 Å². The van der Waals surface area contributed by atoms with E-state index in [-0.39, 0.29) is 69.8 Å². The highest BCUT2D eigenvalue weighted by Gasteiger charge is 2.42. The predicted molar refractivity (Wildman–Crippen MR) is 399 cm³/mol. The molecule has 0 aromatic heterocycles. The van der Waals surface area contributed by atoms with Gasteiger partial charge in [-0.1, -0.05) is 70.1 Å². The van der Waals surface area contributed by atoms with Crippen molar-refractivity contribution in [2.75, 3.05) is 46.2 Å². The number of hydrogen-bond acceptors (Lipinski definition) is 15. The van der Waals surface area contributed by atoms with Crippen LogP contribution in [0.4, 0.5) is 35.1 Å². The van der Waals surface area contributed by atoms with Gasteiger partial charge in [0, 0.05) is 53.9 Å².